The summed E-state index contributed by atoms with van der Waals surface area (Å²) in [6.45, 7) is 12.0. The molecular formula is C6H16N4S2. The van der Waals surface area contributed by atoms with Gasteiger partial charge < -0.3 is 22.9 Å². The molecule has 4 nitrogen and oxygen atoms in total. The Kier molecular flexibility index (Phi) is 61.3. The summed E-state index contributed by atoms with van der Waals surface area (Å²) < 4.78 is 0. The van der Waals surface area contributed by atoms with E-state index in [1.807, 2.05) is 0 Å². The van der Waals surface area contributed by atoms with Crippen molar-refractivity contribution in [1.82, 2.24) is 0 Å². The van der Waals surface area contributed by atoms with Crippen LogP contribution in [0.25, 0.3) is 0 Å². The summed E-state index contributed by atoms with van der Waals surface area (Å²) in [4.78, 5) is 0. The quantitative estimate of drug-likeness (QED) is 0.329. The van der Waals surface area contributed by atoms with E-state index in [0.717, 1.165) is 0 Å². The van der Waals surface area contributed by atoms with Crippen LogP contribution < -0.4 is 22.9 Å². The van der Waals surface area contributed by atoms with Gasteiger partial charge >= 0.3 is 0 Å². The predicted molar refractivity (Wildman–Crippen MR) is 64.5 cm³/mol. The van der Waals surface area contributed by atoms with E-state index in [1.165, 1.54) is 0 Å². The fraction of sp³-hybridized carbons (Fsp3) is 0. The van der Waals surface area contributed by atoms with Crippen LogP contribution in [0.15, 0.2) is 26.3 Å². The molecule has 0 aliphatic rings. The second-order valence-electron chi connectivity index (χ2n) is 0.805. The molecule has 0 atom stereocenters. The van der Waals surface area contributed by atoms with E-state index in [1.54, 1.807) is 0 Å². The molecule has 12 heavy (non-hydrogen) atoms. The minimum Gasteiger partial charge on any atom is -0.377 e. The molecule has 0 bridgehead atoms. The van der Waals surface area contributed by atoms with Crippen molar-refractivity contribution in [1.29, 1.82) is 0 Å². The monoisotopic (exact) mass is 208 g/mol. The van der Waals surface area contributed by atoms with Crippen molar-refractivity contribution in [2.45, 2.75) is 0 Å². The standard InChI is InChI=1S/2C2H4.2CH4N2S/c2*1-2;2*2-1(3)4/h2*1-2H2;2*(H4,2,3,4). The van der Waals surface area contributed by atoms with Crippen molar-refractivity contribution in [2.24, 2.45) is 22.9 Å². The van der Waals surface area contributed by atoms with Crippen molar-refractivity contribution in [2.75, 3.05) is 0 Å². The first-order chi connectivity index (χ1) is 5.46. The van der Waals surface area contributed by atoms with Gasteiger partial charge in [-0.2, -0.15) is 0 Å². The fourth-order valence-electron chi connectivity index (χ4n) is 0. The Morgan fingerprint density at radius 1 is 0.667 bits per heavy atom. The van der Waals surface area contributed by atoms with Gasteiger partial charge in [0.1, 0.15) is 0 Å². The second-order valence-corrected chi connectivity index (χ2v) is 1.75. The lowest BCUT2D eigenvalue weighted by atomic mass is 11.3. The third kappa shape index (κ3) is 421. The SMILES string of the molecule is C=C.C=C.NC(N)=S.NC(N)=S. The van der Waals surface area contributed by atoms with Crippen LogP contribution in [-0.2, 0) is 0 Å². The van der Waals surface area contributed by atoms with Crippen LogP contribution >= 0.6 is 24.4 Å². The molecule has 0 aromatic heterocycles. The van der Waals surface area contributed by atoms with E-state index < -0.39 is 0 Å². The van der Waals surface area contributed by atoms with Gasteiger partial charge in [-0.1, -0.05) is 0 Å². The molecular weight excluding hydrogens is 192 g/mol. The molecule has 0 saturated carbocycles. The van der Waals surface area contributed by atoms with E-state index in [4.69, 9.17) is 0 Å². The molecule has 0 fully saturated rings. The highest BCUT2D eigenvalue weighted by atomic mass is 32.1. The van der Waals surface area contributed by atoms with Crippen LogP contribution in [0.5, 0.6) is 0 Å². The zero-order valence-electron chi connectivity index (χ0n) is 6.95. The first-order valence-corrected chi connectivity index (χ1v) is 3.38. The molecule has 0 aromatic rings. The zero-order chi connectivity index (χ0) is 11.2. The van der Waals surface area contributed by atoms with Crippen molar-refractivity contribution in [3.8, 4) is 0 Å². The summed E-state index contributed by atoms with van der Waals surface area (Å²) in [6, 6.07) is 0. The van der Waals surface area contributed by atoms with Crippen LogP contribution in [-0.4, -0.2) is 10.2 Å². The Hall–Kier alpha value is -1.14. The van der Waals surface area contributed by atoms with Crippen LogP contribution in [0.1, 0.15) is 0 Å². The van der Waals surface area contributed by atoms with Crippen LogP contribution in [0.3, 0.4) is 0 Å². The molecule has 0 rings (SSSR count). The number of thiocarbonyl (C=S) groups is 2. The molecule has 0 aliphatic carbocycles. The van der Waals surface area contributed by atoms with Crippen molar-refractivity contribution in [3.63, 3.8) is 0 Å². The maximum Gasteiger partial charge on any atom is 0.160 e. The summed E-state index contributed by atoms with van der Waals surface area (Å²) in [6.07, 6.45) is 0. The van der Waals surface area contributed by atoms with Gasteiger partial charge in [-0.05, 0) is 24.4 Å². The maximum absolute atomic E-state index is 4.62. The predicted octanol–water partition coefficient (Wildman–Crippen LogP) is -0.0182. The van der Waals surface area contributed by atoms with Crippen LogP contribution in [0.2, 0.25) is 0 Å². The smallest absolute Gasteiger partial charge is 0.160 e. The van der Waals surface area contributed by atoms with E-state index in [9.17, 15) is 0 Å². The molecule has 0 saturated heterocycles. The molecule has 0 unspecified atom stereocenters. The van der Waals surface area contributed by atoms with Gasteiger partial charge in [0.25, 0.3) is 0 Å². The van der Waals surface area contributed by atoms with Gasteiger partial charge in [0.2, 0.25) is 0 Å². The fourth-order valence-corrected chi connectivity index (χ4v) is 0. The summed E-state index contributed by atoms with van der Waals surface area (Å²) in [5.74, 6) is 0. The van der Waals surface area contributed by atoms with Gasteiger partial charge in [0.15, 0.2) is 10.2 Å². The number of hydrogen-bond donors (Lipinski definition) is 4. The molecule has 0 aromatic carbocycles. The highest BCUT2D eigenvalue weighted by Gasteiger charge is 1.53. The lowest BCUT2D eigenvalue weighted by Gasteiger charge is -1.68. The van der Waals surface area contributed by atoms with Gasteiger partial charge in [0.05, 0.1) is 0 Å². The highest BCUT2D eigenvalue weighted by Crippen LogP contribution is 1.32. The van der Waals surface area contributed by atoms with E-state index in [2.05, 4.69) is 73.7 Å². The average Bonchev–Trinajstić information content (AvgIpc) is 1.93. The molecule has 0 heterocycles. The first kappa shape index (κ1) is 22.4. The van der Waals surface area contributed by atoms with Crippen molar-refractivity contribution in [3.05, 3.63) is 26.3 Å². The lowest BCUT2D eigenvalue weighted by molar-refractivity contribution is 1.65. The largest absolute Gasteiger partial charge is 0.377 e. The lowest BCUT2D eigenvalue weighted by Crippen LogP contribution is -2.18. The molecule has 8 N–H and O–H groups in total. The molecule has 0 aliphatic heterocycles. The zero-order valence-corrected chi connectivity index (χ0v) is 8.59. The topological polar surface area (TPSA) is 104 Å². The van der Waals surface area contributed by atoms with E-state index in [0.29, 0.717) is 0 Å². The summed E-state index contributed by atoms with van der Waals surface area (Å²) in [5.41, 5.74) is 18.5. The minimum atomic E-state index is 0.000000000000000222. The number of rotatable bonds is 0. The third-order valence-electron chi connectivity index (χ3n) is 0. The Bertz CT molecular complexity index is 94.1. The summed E-state index contributed by atoms with van der Waals surface area (Å²) in [7, 11) is 0. The number of hydrogen-bond acceptors (Lipinski definition) is 2. The van der Waals surface area contributed by atoms with E-state index in [-0.39, 0.29) is 10.2 Å². The third-order valence-corrected chi connectivity index (χ3v) is 0. The van der Waals surface area contributed by atoms with Gasteiger partial charge in [-0.15, -0.1) is 26.3 Å². The Morgan fingerprint density at radius 2 is 0.667 bits per heavy atom. The summed E-state index contributed by atoms with van der Waals surface area (Å²) in [5, 5.41) is 0.000000000000000444. The van der Waals surface area contributed by atoms with Gasteiger partial charge in [-0.3, -0.25) is 0 Å². The number of nitrogens with two attached hydrogens (primary N) is 4. The van der Waals surface area contributed by atoms with Crippen molar-refractivity contribution >= 4 is 34.7 Å². The first-order valence-electron chi connectivity index (χ1n) is 2.56. The molecule has 6 heteroatoms. The highest BCUT2D eigenvalue weighted by molar-refractivity contribution is 7.80. The van der Waals surface area contributed by atoms with E-state index >= 15 is 0 Å². The van der Waals surface area contributed by atoms with Gasteiger partial charge in [-0.25, -0.2) is 0 Å². The molecule has 0 spiro atoms. The van der Waals surface area contributed by atoms with Crippen molar-refractivity contribution < 1.29 is 0 Å². The minimum absolute atomic E-state index is 0.000000000000000222. The molecule has 0 radical (unpaired) electrons. The van der Waals surface area contributed by atoms with Gasteiger partial charge in [0, 0.05) is 0 Å². The van der Waals surface area contributed by atoms with Crippen LogP contribution in [0.4, 0.5) is 0 Å². The molecule has 72 valence electrons. The summed E-state index contributed by atoms with van der Waals surface area (Å²) >= 11 is 8.19. The Labute approximate surface area is 84.3 Å². The van der Waals surface area contributed by atoms with Crippen LogP contribution in [0, 0.1) is 0 Å². The average molecular weight is 208 g/mol. The Morgan fingerprint density at radius 3 is 0.667 bits per heavy atom. The maximum atomic E-state index is 4.62. The Balaban J connectivity index is -0.0000000380. The normalized spacial score (nSPS) is 4.67. The molecule has 0 amide bonds. The second kappa shape index (κ2) is 32.8.